The Bertz CT molecular complexity index is 592. The van der Waals surface area contributed by atoms with Gasteiger partial charge >= 0.3 is 30.0 Å². The highest BCUT2D eigenvalue weighted by Gasteiger charge is 2.81. The van der Waals surface area contributed by atoms with Gasteiger partial charge in [-0.2, -0.15) is 22.0 Å². The van der Waals surface area contributed by atoms with Gasteiger partial charge in [-0.25, -0.2) is 9.59 Å². The Morgan fingerprint density at radius 2 is 1.42 bits per heavy atom. The first-order valence-electron chi connectivity index (χ1n) is 7.28. The number of carbonyl (C=O) groups excluding carboxylic acids is 2. The van der Waals surface area contributed by atoms with E-state index in [1.54, 1.807) is 0 Å². The minimum Gasteiger partial charge on any atom is -0.450 e. The van der Waals surface area contributed by atoms with Crippen molar-refractivity contribution in [3.63, 3.8) is 0 Å². The molecule has 0 saturated carbocycles. The summed E-state index contributed by atoms with van der Waals surface area (Å²) in [6.07, 6.45) is -6.15. The van der Waals surface area contributed by atoms with Crippen LogP contribution >= 0.6 is 0 Å². The molecule has 0 aliphatic carbocycles. The van der Waals surface area contributed by atoms with Gasteiger partial charge in [-0.1, -0.05) is 6.58 Å². The van der Waals surface area contributed by atoms with Crippen LogP contribution in [-0.4, -0.2) is 47.8 Å². The third-order valence-electron chi connectivity index (χ3n) is 3.89. The molecule has 1 aliphatic rings. The Morgan fingerprint density at radius 1 is 1.00 bits per heavy atom. The topological polar surface area (TPSA) is 71.1 Å². The van der Waals surface area contributed by atoms with Crippen molar-refractivity contribution < 1.29 is 50.5 Å². The van der Waals surface area contributed by atoms with Crippen LogP contribution in [0.25, 0.3) is 0 Å². The van der Waals surface area contributed by atoms with Crippen molar-refractivity contribution >= 4 is 11.9 Å². The maximum Gasteiger partial charge on any atom is 0.463 e. The van der Waals surface area contributed by atoms with Crippen LogP contribution in [0.5, 0.6) is 0 Å². The molecule has 0 aromatic carbocycles. The number of alkyl halides is 5. The molecule has 0 atom stereocenters. The van der Waals surface area contributed by atoms with Crippen LogP contribution in [0.1, 0.15) is 34.6 Å². The number of esters is 2. The molecule has 0 aromatic heterocycles. The summed E-state index contributed by atoms with van der Waals surface area (Å²) in [5.74, 6) is -12.6. The van der Waals surface area contributed by atoms with Crippen molar-refractivity contribution in [3.8, 4) is 0 Å². The summed E-state index contributed by atoms with van der Waals surface area (Å²) in [6.45, 7) is 7.97. The number of carbonyl (C=O) groups is 2. The molecule has 0 radical (unpaired) electrons. The molecule has 6 nitrogen and oxygen atoms in total. The standard InChI is InChI=1S/C15H19F5O6/c1-8(2)10(22)23-7-9(21)24-15(13(16,17)14(18,19)20)25-11(3,4)12(5,6)26-15/h1,7H2,2-6H3. The summed E-state index contributed by atoms with van der Waals surface area (Å²) in [6, 6.07) is 0. The first-order chi connectivity index (χ1) is 11.4. The van der Waals surface area contributed by atoms with Crippen LogP contribution in [0.15, 0.2) is 12.2 Å². The first-order valence-corrected chi connectivity index (χ1v) is 7.28. The van der Waals surface area contributed by atoms with Crippen LogP contribution < -0.4 is 0 Å². The van der Waals surface area contributed by atoms with E-state index in [9.17, 15) is 31.5 Å². The summed E-state index contributed by atoms with van der Waals surface area (Å²) in [4.78, 5) is 22.9. The number of hydrogen-bond donors (Lipinski definition) is 0. The number of rotatable bonds is 5. The van der Waals surface area contributed by atoms with Crippen molar-refractivity contribution in [2.24, 2.45) is 0 Å². The van der Waals surface area contributed by atoms with Crippen molar-refractivity contribution in [1.82, 2.24) is 0 Å². The summed E-state index contributed by atoms with van der Waals surface area (Å²) >= 11 is 0. The predicted molar refractivity (Wildman–Crippen MR) is 75.9 cm³/mol. The fraction of sp³-hybridized carbons (Fsp3) is 0.733. The normalized spacial score (nSPS) is 21.2. The number of halogens is 5. The van der Waals surface area contributed by atoms with E-state index in [2.05, 4.69) is 16.1 Å². The lowest BCUT2D eigenvalue weighted by atomic mass is 9.90. The van der Waals surface area contributed by atoms with Crippen LogP contribution in [0.3, 0.4) is 0 Å². The highest BCUT2D eigenvalue weighted by atomic mass is 19.4. The monoisotopic (exact) mass is 390 g/mol. The maximum absolute atomic E-state index is 14.1. The van der Waals surface area contributed by atoms with E-state index in [0.29, 0.717) is 0 Å². The van der Waals surface area contributed by atoms with E-state index in [-0.39, 0.29) is 5.57 Å². The SMILES string of the molecule is C=C(C)C(=O)OCC(=O)OC1(C(F)(F)C(F)(F)F)OC(C)(C)C(C)(C)O1. The molecule has 0 bridgehead atoms. The smallest absolute Gasteiger partial charge is 0.450 e. The fourth-order valence-corrected chi connectivity index (χ4v) is 1.77. The van der Waals surface area contributed by atoms with E-state index in [1.165, 1.54) is 34.6 Å². The summed E-state index contributed by atoms with van der Waals surface area (Å²) in [5, 5.41) is 0. The van der Waals surface area contributed by atoms with Gasteiger partial charge in [0, 0.05) is 5.57 Å². The van der Waals surface area contributed by atoms with E-state index in [0.717, 1.165) is 0 Å². The summed E-state index contributed by atoms with van der Waals surface area (Å²) < 4.78 is 85.1. The molecular formula is C15H19F5O6. The fourth-order valence-electron chi connectivity index (χ4n) is 1.77. The Kier molecular flexibility index (Phi) is 5.53. The van der Waals surface area contributed by atoms with Crippen LogP contribution in [-0.2, 0) is 28.5 Å². The average Bonchev–Trinajstić information content (AvgIpc) is 2.60. The number of hydrogen-bond acceptors (Lipinski definition) is 6. The van der Waals surface area contributed by atoms with Crippen molar-refractivity contribution in [3.05, 3.63) is 12.2 Å². The molecule has 1 saturated heterocycles. The van der Waals surface area contributed by atoms with Crippen LogP contribution in [0, 0.1) is 0 Å². The predicted octanol–water partition coefficient (Wildman–Crippen LogP) is 3.10. The molecule has 26 heavy (non-hydrogen) atoms. The van der Waals surface area contributed by atoms with Crippen LogP contribution in [0.4, 0.5) is 22.0 Å². The van der Waals surface area contributed by atoms with Crippen molar-refractivity contribution in [1.29, 1.82) is 0 Å². The highest BCUT2D eigenvalue weighted by Crippen LogP contribution is 2.55. The summed E-state index contributed by atoms with van der Waals surface area (Å²) in [7, 11) is 0. The minimum absolute atomic E-state index is 0.122. The maximum atomic E-state index is 14.1. The molecule has 1 heterocycles. The zero-order chi connectivity index (χ0) is 20.8. The lowest BCUT2D eigenvalue weighted by Crippen LogP contribution is -2.61. The molecule has 0 spiro atoms. The average molecular weight is 390 g/mol. The molecule has 1 rings (SSSR count). The Labute approximate surface area is 146 Å². The zero-order valence-electron chi connectivity index (χ0n) is 14.8. The van der Waals surface area contributed by atoms with E-state index in [4.69, 9.17) is 9.47 Å². The minimum atomic E-state index is -6.15. The van der Waals surface area contributed by atoms with E-state index in [1.807, 2.05) is 0 Å². The second-order valence-electron chi connectivity index (χ2n) is 6.68. The molecule has 0 aromatic rings. The van der Waals surface area contributed by atoms with Gasteiger partial charge in [0.05, 0.1) is 11.2 Å². The van der Waals surface area contributed by atoms with E-state index >= 15 is 0 Å². The second-order valence-corrected chi connectivity index (χ2v) is 6.68. The van der Waals surface area contributed by atoms with Gasteiger partial charge in [-0.3, -0.25) is 0 Å². The van der Waals surface area contributed by atoms with Crippen molar-refractivity contribution in [2.75, 3.05) is 6.61 Å². The summed E-state index contributed by atoms with van der Waals surface area (Å²) in [5.41, 5.74) is -3.49. The highest BCUT2D eigenvalue weighted by molar-refractivity contribution is 5.88. The van der Waals surface area contributed by atoms with Gasteiger partial charge in [-0.15, -0.1) is 0 Å². The van der Waals surface area contributed by atoms with Gasteiger partial charge < -0.3 is 18.9 Å². The quantitative estimate of drug-likeness (QED) is 0.408. The molecule has 1 fully saturated rings. The molecule has 0 amide bonds. The molecule has 0 N–H and O–H groups in total. The van der Waals surface area contributed by atoms with Gasteiger partial charge in [-0.05, 0) is 34.6 Å². The van der Waals surface area contributed by atoms with E-state index < -0.39 is 47.8 Å². The Morgan fingerprint density at radius 3 is 1.77 bits per heavy atom. The zero-order valence-corrected chi connectivity index (χ0v) is 14.8. The molecule has 0 unspecified atom stereocenters. The Hall–Kier alpha value is -1.75. The number of ether oxygens (including phenoxy) is 4. The van der Waals surface area contributed by atoms with Gasteiger partial charge in [0.2, 0.25) is 0 Å². The molecule has 1 aliphatic heterocycles. The van der Waals surface area contributed by atoms with Crippen LogP contribution in [0.2, 0.25) is 0 Å². The Balaban J connectivity index is 3.19. The van der Waals surface area contributed by atoms with Crippen molar-refractivity contribution in [2.45, 2.75) is 63.9 Å². The molecule has 150 valence electrons. The lowest BCUT2D eigenvalue weighted by molar-refractivity contribution is -0.468. The second kappa shape index (κ2) is 6.45. The third-order valence-corrected chi connectivity index (χ3v) is 3.89. The first kappa shape index (κ1) is 22.3. The molecule has 11 heteroatoms. The van der Waals surface area contributed by atoms with Gasteiger partial charge in [0.25, 0.3) is 0 Å². The van der Waals surface area contributed by atoms with Gasteiger partial charge in [0.1, 0.15) is 0 Å². The lowest BCUT2D eigenvalue weighted by Gasteiger charge is -2.35. The van der Waals surface area contributed by atoms with Gasteiger partial charge in [0.15, 0.2) is 6.61 Å². The third kappa shape index (κ3) is 3.83. The largest absolute Gasteiger partial charge is 0.463 e. The molecular weight excluding hydrogens is 371 g/mol.